The summed E-state index contributed by atoms with van der Waals surface area (Å²) in [6, 6.07) is 6.66. The van der Waals surface area contributed by atoms with Gasteiger partial charge >= 0.3 is 6.36 Å². The van der Waals surface area contributed by atoms with E-state index in [9.17, 15) is 22.8 Å². The molecule has 0 bridgehead atoms. The lowest BCUT2D eigenvalue weighted by molar-refractivity contribution is -0.274. The van der Waals surface area contributed by atoms with E-state index in [-0.39, 0.29) is 28.8 Å². The molecule has 1 aromatic heterocycles. The number of anilines is 2. The number of alkyl halides is 3. The van der Waals surface area contributed by atoms with Crippen molar-refractivity contribution in [3.8, 4) is 5.75 Å². The Balaban J connectivity index is 1.64. The van der Waals surface area contributed by atoms with Gasteiger partial charge in [-0.25, -0.2) is 4.98 Å². The van der Waals surface area contributed by atoms with Gasteiger partial charge in [0.2, 0.25) is 5.91 Å². The van der Waals surface area contributed by atoms with Crippen molar-refractivity contribution in [1.82, 2.24) is 10.3 Å². The van der Waals surface area contributed by atoms with Crippen molar-refractivity contribution >= 4 is 34.9 Å². The van der Waals surface area contributed by atoms with E-state index >= 15 is 0 Å². The fourth-order valence-electron chi connectivity index (χ4n) is 3.43. The number of amides is 2. The molecule has 0 aliphatic carbocycles. The van der Waals surface area contributed by atoms with Gasteiger partial charge in [-0.05, 0) is 37.1 Å². The summed E-state index contributed by atoms with van der Waals surface area (Å²) in [6.45, 7) is 4.59. The molecule has 1 unspecified atom stereocenters. The van der Waals surface area contributed by atoms with E-state index in [1.807, 2.05) is 4.90 Å². The molecule has 1 aromatic carbocycles. The number of aromatic nitrogens is 1. The van der Waals surface area contributed by atoms with Gasteiger partial charge in [0.15, 0.2) is 0 Å². The Morgan fingerprint density at radius 3 is 2.67 bits per heavy atom. The topological polar surface area (TPSA) is 83.6 Å². The number of hydrogen-bond donors (Lipinski definition) is 2. The first-order valence-electron chi connectivity index (χ1n) is 10.4. The summed E-state index contributed by atoms with van der Waals surface area (Å²) in [5, 5.41) is 5.75. The maximum atomic E-state index is 12.8. The van der Waals surface area contributed by atoms with Gasteiger partial charge < -0.3 is 20.3 Å². The molecule has 1 atom stereocenters. The zero-order valence-electron chi connectivity index (χ0n) is 18.1. The largest absolute Gasteiger partial charge is 0.573 e. The number of nitrogens with zero attached hydrogens (tertiary/aromatic N) is 2. The van der Waals surface area contributed by atoms with Gasteiger partial charge in [0.1, 0.15) is 11.6 Å². The van der Waals surface area contributed by atoms with E-state index in [1.54, 1.807) is 19.9 Å². The first-order chi connectivity index (χ1) is 15.5. The highest BCUT2D eigenvalue weighted by atomic mass is 35.5. The Kier molecular flexibility index (Phi) is 7.68. The lowest BCUT2D eigenvalue weighted by Gasteiger charge is -2.35. The fourth-order valence-corrected chi connectivity index (χ4v) is 3.72. The maximum absolute atomic E-state index is 12.8. The van der Waals surface area contributed by atoms with Crippen LogP contribution in [0.4, 0.5) is 24.7 Å². The number of halogens is 4. The predicted molar refractivity (Wildman–Crippen MR) is 119 cm³/mol. The van der Waals surface area contributed by atoms with Crippen molar-refractivity contribution in [3.63, 3.8) is 0 Å². The highest BCUT2D eigenvalue weighted by molar-refractivity contribution is 6.33. The summed E-state index contributed by atoms with van der Waals surface area (Å²) in [7, 11) is 0. The summed E-state index contributed by atoms with van der Waals surface area (Å²) >= 11 is 6.20. The van der Waals surface area contributed by atoms with Crippen LogP contribution in [0.1, 0.15) is 37.0 Å². The summed E-state index contributed by atoms with van der Waals surface area (Å²) in [5.41, 5.74) is 0.917. The zero-order chi connectivity index (χ0) is 24.2. The molecular weight excluding hydrogens is 461 g/mol. The first-order valence-corrected chi connectivity index (χ1v) is 10.8. The van der Waals surface area contributed by atoms with Crippen LogP contribution in [0.25, 0.3) is 0 Å². The molecule has 2 aromatic rings. The zero-order valence-corrected chi connectivity index (χ0v) is 18.8. The Morgan fingerprint density at radius 1 is 1.24 bits per heavy atom. The summed E-state index contributed by atoms with van der Waals surface area (Å²) in [4.78, 5) is 30.6. The summed E-state index contributed by atoms with van der Waals surface area (Å²) < 4.78 is 41.2. The van der Waals surface area contributed by atoms with Crippen LogP contribution < -0.4 is 20.3 Å². The number of ether oxygens (including phenoxy) is 1. The van der Waals surface area contributed by atoms with Crippen LogP contribution in [0.5, 0.6) is 5.75 Å². The Bertz CT molecular complexity index is 1020. The van der Waals surface area contributed by atoms with E-state index in [4.69, 9.17) is 11.6 Å². The van der Waals surface area contributed by atoms with Crippen LogP contribution >= 0.6 is 11.6 Å². The average Bonchev–Trinajstić information content (AvgIpc) is 2.73. The molecule has 2 N–H and O–H groups in total. The van der Waals surface area contributed by atoms with Gasteiger partial charge in [-0.2, -0.15) is 0 Å². The predicted octanol–water partition coefficient (Wildman–Crippen LogP) is 4.63. The highest BCUT2D eigenvalue weighted by Gasteiger charge is 2.31. The molecule has 2 amide bonds. The minimum absolute atomic E-state index is 0.128. The Morgan fingerprint density at radius 2 is 2.00 bits per heavy atom. The Hall–Kier alpha value is -3.01. The standard InChI is InChI=1S/C22H24ClF3N4O3/c1-13(2)20(31)29-19-10-14(7-8-27-19)21(32)28-15-4-3-9-30(12-15)18-6-5-16(11-17(18)23)33-22(24,25)26/h5-8,10-11,13,15H,3-4,9,12H2,1-2H3,(H,28,32)(H,27,29,31). The van der Waals surface area contributed by atoms with Crippen molar-refractivity contribution in [2.45, 2.75) is 39.1 Å². The monoisotopic (exact) mass is 484 g/mol. The maximum Gasteiger partial charge on any atom is 0.573 e. The van der Waals surface area contributed by atoms with Crippen LogP contribution in [0.3, 0.4) is 0 Å². The van der Waals surface area contributed by atoms with E-state index < -0.39 is 12.1 Å². The number of piperidine rings is 1. The van der Waals surface area contributed by atoms with Crippen LogP contribution in [0.2, 0.25) is 5.02 Å². The lowest BCUT2D eigenvalue weighted by atomic mass is 10.0. The fraction of sp³-hybridized carbons (Fsp3) is 0.409. The van der Waals surface area contributed by atoms with Crippen molar-refractivity contribution in [1.29, 1.82) is 0 Å². The van der Waals surface area contributed by atoms with E-state index in [0.29, 0.717) is 30.2 Å². The molecule has 1 fully saturated rings. The molecule has 0 saturated carbocycles. The highest BCUT2D eigenvalue weighted by Crippen LogP contribution is 2.33. The van der Waals surface area contributed by atoms with Crippen LogP contribution in [0.15, 0.2) is 36.5 Å². The number of hydrogen-bond acceptors (Lipinski definition) is 5. The van der Waals surface area contributed by atoms with Crippen LogP contribution in [-0.2, 0) is 4.79 Å². The van der Waals surface area contributed by atoms with E-state index in [0.717, 1.165) is 18.9 Å². The van der Waals surface area contributed by atoms with Crippen molar-refractivity contribution in [2.24, 2.45) is 5.92 Å². The van der Waals surface area contributed by atoms with Gasteiger partial charge in [0.05, 0.1) is 10.7 Å². The van der Waals surface area contributed by atoms with Gasteiger partial charge in [-0.1, -0.05) is 25.4 Å². The second kappa shape index (κ2) is 10.3. The number of benzene rings is 1. The number of rotatable bonds is 6. The molecule has 3 rings (SSSR count). The molecule has 1 aliphatic rings. The quantitative estimate of drug-likeness (QED) is 0.624. The van der Waals surface area contributed by atoms with Crippen molar-refractivity contribution in [3.05, 3.63) is 47.1 Å². The van der Waals surface area contributed by atoms with Gasteiger partial charge in [-0.15, -0.1) is 13.2 Å². The lowest BCUT2D eigenvalue weighted by Crippen LogP contribution is -2.48. The van der Waals surface area contributed by atoms with Crippen molar-refractivity contribution < 1.29 is 27.5 Å². The smallest absolute Gasteiger partial charge is 0.406 e. The van der Waals surface area contributed by atoms with Crippen LogP contribution in [0, 0.1) is 5.92 Å². The third-order valence-electron chi connectivity index (χ3n) is 5.05. The second-order valence-electron chi connectivity index (χ2n) is 7.99. The summed E-state index contributed by atoms with van der Waals surface area (Å²) in [5.74, 6) is -0.843. The minimum atomic E-state index is -4.80. The number of nitrogens with one attached hydrogen (secondary N) is 2. The molecule has 11 heteroatoms. The average molecular weight is 485 g/mol. The molecule has 1 aliphatic heterocycles. The molecule has 2 heterocycles. The van der Waals surface area contributed by atoms with Gasteiger partial charge in [0.25, 0.3) is 5.91 Å². The number of carbonyl (C=O) groups is 2. The minimum Gasteiger partial charge on any atom is -0.406 e. The van der Waals surface area contributed by atoms with Gasteiger partial charge in [0, 0.05) is 42.9 Å². The third kappa shape index (κ3) is 6.98. The van der Waals surface area contributed by atoms with E-state index in [1.165, 1.54) is 24.4 Å². The molecule has 33 heavy (non-hydrogen) atoms. The third-order valence-corrected chi connectivity index (χ3v) is 5.35. The van der Waals surface area contributed by atoms with Crippen molar-refractivity contribution in [2.75, 3.05) is 23.3 Å². The number of carbonyl (C=O) groups excluding carboxylic acids is 2. The van der Waals surface area contributed by atoms with E-state index in [2.05, 4.69) is 20.4 Å². The second-order valence-corrected chi connectivity index (χ2v) is 8.40. The molecule has 0 spiro atoms. The summed E-state index contributed by atoms with van der Waals surface area (Å²) in [6.07, 6.45) is -1.86. The number of pyridine rings is 1. The Labute approximate surface area is 194 Å². The molecule has 1 saturated heterocycles. The molecular formula is C22H24ClF3N4O3. The normalized spacial score (nSPS) is 16.5. The van der Waals surface area contributed by atoms with Gasteiger partial charge in [-0.3, -0.25) is 9.59 Å². The van der Waals surface area contributed by atoms with Crippen LogP contribution in [-0.4, -0.2) is 42.3 Å². The SMILES string of the molecule is CC(C)C(=O)Nc1cc(C(=O)NC2CCCN(c3ccc(OC(F)(F)F)cc3Cl)C2)ccn1. The molecule has 0 radical (unpaired) electrons. The molecule has 178 valence electrons. The molecule has 7 nitrogen and oxygen atoms in total. The first kappa shape index (κ1) is 24.6.